The Morgan fingerprint density at radius 1 is 1.46 bits per heavy atom. The first-order valence-electron chi connectivity index (χ1n) is 4.54. The second-order valence-electron chi connectivity index (χ2n) is 4.27. The second-order valence-corrected chi connectivity index (χ2v) is 4.27. The zero-order valence-corrected chi connectivity index (χ0v) is 8.21. The molecule has 0 saturated heterocycles. The molecule has 1 fully saturated rings. The van der Waals surface area contributed by atoms with Crippen LogP contribution in [0.2, 0.25) is 0 Å². The van der Waals surface area contributed by atoms with Gasteiger partial charge in [0.25, 0.3) is 0 Å². The highest BCUT2D eigenvalue weighted by Gasteiger charge is 2.28. The molecule has 1 amide bonds. The number of nitrogens with zero attached hydrogens (tertiary/aromatic N) is 1. The van der Waals surface area contributed by atoms with Crippen molar-refractivity contribution in [2.75, 3.05) is 0 Å². The van der Waals surface area contributed by atoms with Gasteiger partial charge in [0.05, 0.1) is 17.8 Å². The number of carbonyl (C=O) groups is 1. The quantitative estimate of drug-likeness (QED) is 0.489. The van der Waals surface area contributed by atoms with E-state index >= 15 is 0 Å². The highest BCUT2D eigenvalue weighted by atomic mass is 16.1. The van der Waals surface area contributed by atoms with Crippen molar-refractivity contribution >= 4 is 11.7 Å². The van der Waals surface area contributed by atoms with Crippen LogP contribution in [0, 0.1) is 5.92 Å². The van der Waals surface area contributed by atoms with Crippen molar-refractivity contribution in [1.29, 1.82) is 0 Å². The highest BCUT2D eigenvalue weighted by Crippen LogP contribution is 2.30. The predicted octanol–water partition coefficient (Wildman–Crippen LogP) is 0.408. The van der Waals surface area contributed by atoms with Gasteiger partial charge in [-0.05, 0) is 26.7 Å². The van der Waals surface area contributed by atoms with E-state index in [2.05, 4.69) is 4.99 Å². The van der Waals surface area contributed by atoms with Gasteiger partial charge >= 0.3 is 0 Å². The smallest absolute Gasteiger partial charge is 0.219 e. The summed E-state index contributed by atoms with van der Waals surface area (Å²) in [6.07, 6.45) is 2.50. The molecule has 0 radical (unpaired) electrons. The summed E-state index contributed by atoms with van der Waals surface area (Å²) in [5.41, 5.74) is 10.4. The number of aliphatic imine (C=N–C) groups is 1. The Labute approximate surface area is 78.4 Å². The van der Waals surface area contributed by atoms with Crippen molar-refractivity contribution in [3.05, 3.63) is 0 Å². The summed E-state index contributed by atoms with van der Waals surface area (Å²) in [7, 11) is 0. The molecule has 0 aromatic heterocycles. The normalized spacial score (nSPS) is 18.8. The van der Waals surface area contributed by atoms with Crippen molar-refractivity contribution in [1.82, 2.24) is 0 Å². The first kappa shape index (κ1) is 10.0. The topological polar surface area (TPSA) is 81.5 Å². The van der Waals surface area contributed by atoms with E-state index in [0.29, 0.717) is 11.8 Å². The molecule has 0 aromatic carbocycles. The van der Waals surface area contributed by atoms with Crippen molar-refractivity contribution in [2.24, 2.45) is 22.4 Å². The van der Waals surface area contributed by atoms with Gasteiger partial charge in [0.15, 0.2) is 0 Å². The lowest BCUT2D eigenvalue weighted by molar-refractivity contribution is -0.118. The van der Waals surface area contributed by atoms with Crippen LogP contribution < -0.4 is 11.5 Å². The Hall–Kier alpha value is -1.06. The van der Waals surface area contributed by atoms with Crippen LogP contribution in [0.25, 0.3) is 0 Å². The number of rotatable bonds is 4. The Balaban J connectivity index is 2.57. The molecule has 1 saturated carbocycles. The van der Waals surface area contributed by atoms with Crippen LogP contribution in [0.1, 0.15) is 33.1 Å². The van der Waals surface area contributed by atoms with Gasteiger partial charge in [0, 0.05) is 5.92 Å². The van der Waals surface area contributed by atoms with Crippen LogP contribution in [0.3, 0.4) is 0 Å². The molecule has 1 aliphatic carbocycles. The van der Waals surface area contributed by atoms with Crippen LogP contribution >= 0.6 is 0 Å². The van der Waals surface area contributed by atoms with Crippen LogP contribution in [0.15, 0.2) is 4.99 Å². The molecule has 0 heterocycles. The zero-order valence-electron chi connectivity index (χ0n) is 8.21. The Bertz CT molecular complexity index is 241. The average molecular weight is 183 g/mol. The van der Waals surface area contributed by atoms with Gasteiger partial charge in [0.1, 0.15) is 0 Å². The first-order chi connectivity index (χ1) is 5.91. The second kappa shape index (κ2) is 3.36. The maximum absolute atomic E-state index is 10.7. The van der Waals surface area contributed by atoms with E-state index < -0.39 is 5.54 Å². The minimum absolute atomic E-state index is 0.250. The monoisotopic (exact) mass is 183 g/mol. The minimum atomic E-state index is -0.446. The van der Waals surface area contributed by atoms with Gasteiger partial charge < -0.3 is 11.5 Å². The molecule has 0 spiro atoms. The number of amides is 1. The Morgan fingerprint density at radius 3 is 2.38 bits per heavy atom. The first-order valence-corrected chi connectivity index (χ1v) is 4.54. The molecule has 13 heavy (non-hydrogen) atoms. The van der Waals surface area contributed by atoms with E-state index in [9.17, 15) is 4.79 Å². The van der Waals surface area contributed by atoms with Crippen LogP contribution in [-0.2, 0) is 4.79 Å². The highest BCUT2D eigenvalue weighted by molar-refractivity contribution is 5.85. The summed E-state index contributed by atoms with van der Waals surface area (Å²) in [6, 6.07) is 0. The molecule has 0 unspecified atom stereocenters. The van der Waals surface area contributed by atoms with Crippen molar-refractivity contribution < 1.29 is 4.79 Å². The predicted molar refractivity (Wildman–Crippen MR) is 52.2 cm³/mol. The molecule has 0 aliphatic heterocycles. The van der Waals surface area contributed by atoms with E-state index in [1.807, 2.05) is 13.8 Å². The Kier molecular flexibility index (Phi) is 2.59. The molecule has 1 aliphatic rings. The molecular formula is C9H17N3O. The molecule has 1 rings (SSSR count). The van der Waals surface area contributed by atoms with E-state index in [-0.39, 0.29) is 12.3 Å². The van der Waals surface area contributed by atoms with E-state index in [1.54, 1.807) is 0 Å². The molecule has 0 bridgehead atoms. The summed E-state index contributed by atoms with van der Waals surface area (Å²) >= 11 is 0. The fourth-order valence-corrected chi connectivity index (χ4v) is 1.29. The summed E-state index contributed by atoms with van der Waals surface area (Å²) in [5, 5.41) is 0. The lowest BCUT2D eigenvalue weighted by Gasteiger charge is -2.18. The summed E-state index contributed by atoms with van der Waals surface area (Å²) in [5.74, 6) is 0.788. The molecule has 4 nitrogen and oxygen atoms in total. The minimum Gasteiger partial charge on any atom is -0.387 e. The van der Waals surface area contributed by atoms with Gasteiger partial charge in [-0.2, -0.15) is 0 Å². The molecule has 0 aromatic rings. The van der Waals surface area contributed by atoms with E-state index in [1.165, 1.54) is 0 Å². The lowest BCUT2D eigenvalue weighted by atomic mass is 10.0. The number of carbonyl (C=O) groups excluding carboxylic acids is 1. The van der Waals surface area contributed by atoms with E-state index in [4.69, 9.17) is 11.5 Å². The van der Waals surface area contributed by atoms with Gasteiger partial charge in [-0.1, -0.05) is 0 Å². The third kappa shape index (κ3) is 3.44. The number of hydrogen-bond donors (Lipinski definition) is 2. The van der Waals surface area contributed by atoms with Gasteiger partial charge in [-0.15, -0.1) is 0 Å². The van der Waals surface area contributed by atoms with Crippen molar-refractivity contribution in [3.8, 4) is 0 Å². The van der Waals surface area contributed by atoms with Crippen molar-refractivity contribution in [2.45, 2.75) is 38.6 Å². The van der Waals surface area contributed by atoms with Gasteiger partial charge in [0.2, 0.25) is 5.91 Å². The van der Waals surface area contributed by atoms with Gasteiger partial charge in [-0.3, -0.25) is 9.79 Å². The lowest BCUT2D eigenvalue weighted by Crippen LogP contribution is -2.30. The Morgan fingerprint density at radius 2 is 2.00 bits per heavy atom. The summed E-state index contributed by atoms with van der Waals surface area (Å²) in [4.78, 5) is 15.0. The van der Waals surface area contributed by atoms with Crippen LogP contribution in [0.5, 0.6) is 0 Å². The summed E-state index contributed by atoms with van der Waals surface area (Å²) in [6.45, 7) is 3.74. The van der Waals surface area contributed by atoms with E-state index in [0.717, 1.165) is 12.8 Å². The molecular weight excluding hydrogens is 166 g/mol. The van der Waals surface area contributed by atoms with Crippen molar-refractivity contribution in [3.63, 3.8) is 0 Å². The average Bonchev–Trinajstić information content (AvgIpc) is 2.60. The maximum Gasteiger partial charge on any atom is 0.219 e. The largest absolute Gasteiger partial charge is 0.387 e. The molecule has 4 heteroatoms. The van der Waals surface area contributed by atoms with Gasteiger partial charge in [-0.25, -0.2) is 0 Å². The third-order valence-corrected chi connectivity index (χ3v) is 2.03. The SMILES string of the molecule is CC(C)(CC(N)=O)N=C(N)C1CC1. The molecule has 74 valence electrons. The fraction of sp³-hybridized carbons (Fsp3) is 0.778. The molecule has 4 N–H and O–H groups in total. The standard InChI is InChI=1S/C9H17N3O/c1-9(2,5-7(10)13)12-8(11)6-3-4-6/h6H,3-5H2,1-2H3,(H2,10,13)(H2,11,12). The molecule has 0 atom stereocenters. The number of amidine groups is 1. The zero-order chi connectivity index (χ0) is 10.1. The maximum atomic E-state index is 10.7. The number of primary amides is 1. The summed E-state index contributed by atoms with van der Waals surface area (Å²) < 4.78 is 0. The number of hydrogen-bond acceptors (Lipinski definition) is 2. The van der Waals surface area contributed by atoms with Crippen LogP contribution in [0.4, 0.5) is 0 Å². The van der Waals surface area contributed by atoms with Crippen LogP contribution in [-0.4, -0.2) is 17.3 Å². The third-order valence-electron chi connectivity index (χ3n) is 2.03. The fourth-order valence-electron chi connectivity index (χ4n) is 1.29. The number of nitrogens with two attached hydrogens (primary N) is 2.